The Kier molecular flexibility index (Phi) is 5.95. The van der Waals surface area contributed by atoms with E-state index in [0.717, 1.165) is 6.07 Å². The molecule has 0 aliphatic carbocycles. The Bertz CT molecular complexity index is 1120. The summed E-state index contributed by atoms with van der Waals surface area (Å²) < 4.78 is 5.21. The van der Waals surface area contributed by atoms with Crippen molar-refractivity contribution in [3.63, 3.8) is 0 Å². The Morgan fingerprint density at radius 1 is 1.00 bits per heavy atom. The van der Waals surface area contributed by atoms with Crippen molar-refractivity contribution in [2.45, 2.75) is 26.2 Å². The smallest absolute Gasteiger partial charge is 0.324 e. The van der Waals surface area contributed by atoms with Crippen LogP contribution in [0.15, 0.2) is 53.2 Å². The highest BCUT2D eigenvalue weighted by Gasteiger charge is 2.20. The number of carbonyl (C=O) groups is 2. The van der Waals surface area contributed by atoms with Gasteiger partial charge in [0.1, 0.15) is 11.5 Å². The maximum absolute atomic E-state index is 12.2. The van der Waals surface area contributed by atoms with E-state index in [0.29, 0.717) is 17.1 Å². The first-order valence-electron chi connectivity index (χ1n) is 9.19. The van der Waals surface area contributed by atoms with Crippen LogP contribution in [0.1, 0.15) is 37.0 Å². The van der Waals surface area contributed by atoms with Crippen molar-refractivity contribution in [2.24, 2.45) is 0 Å². The molecule has 0 atom stereocenters. The molecule has 3 amide bonds. The van der Waals surface area contributed by atoms with Gasteiger partial charge in [-0.1, -0.05) is 25.9 Å². The normalized spacial score (nSPS) is 10.9. The lowest BCUT2D eigenvalue weighted by molar-refractivity contribution is -0.385. The predicted octanol–water partition coefficient (Wildman–Crippen LogP) is 4.17. The molecule has 3 N–H and O–H groups in total. The lowest BCUT2D eigenvalue weighted by Gasteiger charge is -2.12. The summed E-state index contributed by atoms with van der Waals surface area (Å²) in [6.07, 6.45) is 1.19. The third kappa shape index (κ3) is 5.63. The van der Waals surface area contributed by atoms with Crippen molar-refractivity contribution in [3.8, 4) is 0 Å². The van der Waals surface area contributed by atoms with Crippen LogP contribution in [0, 0.1) is 10.1 Å². The number of rotatable bonds is 5. The second-order valence-electron chi connectivity index (χ2n) is 7.59. The number of hydrogen-bond donors (Lipinski definition) is 3. The lowest BCUT2D eigenvalue weighted by atomic mass is 9.93. The quantitative estimate of drug-likeness (QED) is 0.410. The zero-order valence-corrected chi connectivity index (χ0v) is 17.0. The van der Waals surface area contributed by atoms with E-state index in [-0.39, 0.29) is 22.6 Å². The maximum atomic E-state index is 12.2. The van der Waals surface area contributed by atoms with E-state index in [4.69, 9.17) is 4.52 Å². The number of nitrogens with zero attached hydrogens (tertiary/aromatic N) is 3. The largest absolute Gasteiger partial charge is 0.359 e. The topological polar surface area (TPSA) is 152 Å². The van der Waals surface area contributed by atoms with Crippen LogP contribution in [0.2, 0.25) is 0 Å². The van der Waals surface area contributed by atoms with Gasteiger partial charge in [-0.25, -0.2) is 4.79 Å². The average molecular weight is 424 g/mol. The van der Waals surface area contributed by atoms with Gasteiger partial charge in [0.2, 0.25) is 0 Å². The second kappa shape index (κ2) is 8.61. The fourth-order valence-electron chi connectivity index (χ4n) is 2.46. The van der Waals surface area contributed by atoms with Gasteiger partial charge in [0.15, 0.2) is 5.82 Å². The van der Waals surface area contributed by atoms with Crippen LogP contribution >= 0.6 is 0 Å². The van der Waals surface area contributed by atoms with Crippen LogP contribution in [0.5, 0.6) is 0 Å². The summed E-state index contributed by atoms with van der Waals surface area (Å²) in [5, 5.41) is 22.4. The molecule has 0 unspecified atom stereocenters. The van der Waals surface area contributed by atoms with Crippen molar-refractivity contribution in [3.05, 3.63) is 70.2 Å². The third-order valence-electron chi connectivity index (χ3n) is 4.08. The first-order chi connectivity index (χ1) is 14.6. The number of anilines is 3. The van der Waals surface area contributed by atoms with Gasteiger partial charge in [-0.15, -0.1) is 0 Å². The van der Waals surface area contributed by atoms with E-state index >= 15 is 0 Å². The zero-order chi connectivity index (χ0) is 22.6. The van der Waals surface area contributed by atoms with Crippen molar-refractivity contribution in [1.29, 1.82) is 0 Å². The van der Waals surface area contributed by atoms with Gasteiger partial charge in [0.25, 0.3) is 11.6 Å². The standard InChI is InChI=1S/C20H20N6O5/c1-20(2,3)16-11-17(25-31-16)24-19(28)23-13-6-4-12(5-7-13)22-18(27)15-10-14(26(29)30)8-9-21-15/h4-11H,1-3H3,(H,22,27)(H2,23,24,25,28). The summed E-state index contributed by atoms with van der Waals surface area (Å²) in [5.74, 6) is 0.333. The van der Waals surface area contributed by atoms with Crippen LogP contribution < -0.4 is 16.0 Å². The van der Waals surface area contributed by atoms with Gasteiger partial charge in [-0.2, -0.15) is 0 Å². The van der Waals surface area contributed by atoms with Gasteiger partial charge < -0.3 is 15.2 Å². The molecule has 2 aromatic heterocycles. The number of pyridine rings is 1. The minimum Gasteiger partial charge on any atom is -0.359 e. The molecule has 3 rings (SSSR count). The van der Waals surface area contributed by atoms with Crippen LogP contribution in [-0.4, -0.2) is 27.0 Å². The minimum absolute atomic E-state index is 0.0852. The van der Waals surface area contributed by atoms with Crippen molar-refractivity contribution in [2.75, 3.05) is 16.0 Å². The molecule has 11 nitrogen and oxygen atoms in total. The summed E-state index contributed by atoms with van der Waals surface area (Å²) in [5.41, 5.74) is 0.355. The van der Waals surface area contributed by atoms with Gasteiger partial charge in [-0.3, -0.25) is 25.2 Å². The third-order valence-corrected chi connectivity index (χ3v) is 4.08. The lowest BCUT2D eigenvalue weighted by Crippen LogP contribution is -2.19. The van der Waals surface area contributed by atoms with Crippen molar-refractivity contribution < 1.29 is 19.0 Å². The number of nitro groups is 1. The van der Waals surface area contributed by atoms with E-state index < -0.39 is 16.9 Å². The molecule has 2 heterocycles. The monoisotopic (exact) mass is 424 g/mol. The molecule has 160 valence electrons. The Balaban J connectivity index is 1.58. The number of nitrogens with one attached hydrogen (secondary N) is 3. The summed E-state index contributed by atoms with van der Waals surface area (Å²) >= 11 is 0. The van der Waals surface area contributed by atoms with Gasteiger partial charge in [0, 0.05) is 41.2 Å². The molecule has 0 saturated heterocycles. The predicted molar refractivity (Wildman–Crippen MR) is 113 cm³/mol. The molecule has 31 heavy (non-hydrogen) atoms. The van der Waals surface area contributed by atoms with Gasteiger partial charge in [-0.05, 0) is 24.3 Å². The molecule has 0 radical (unpaired) electrons. The SMILES string of the molecule is CC(C)(C)c1cc(NC(=O)Nc2ccc(NC(=O)c3cc([N+](=O)[O-])ccn3)cc2)no1. The Hall–Kier alpha value is -4.28. The van der Waals surface area contributed by atoms with E-state index in [1.807, 2.05) is 20.8 Å². The van der Waals surface area contributed by atoms with Crippen LogP contribution in [0.25, 0.3) is 0 Å². The molecular weight excluding hydrogens is 404 g/mol. The van der Waals surface area contributed by atoms with E-state index in [1.54, 1.807) is 30.3 Å². The summed E-state index contributed by atoms with van der Waals surface area (Å²) in [7, 11) is 0. The number of aromatic nitrogens is 2. The fraction of sp³-hybridized carbons (Fsp3) is 0.200. The van der Waals surface area contributed by atoms with Crippen molar-refractivity contribution >= 4 is 34.8 Å². The molecule has 3 aromatic rings. The fourth-order valence-corrected chi connectivity index (χ4v) is 2.46. The molecular formula is C20H20N6O5. The number of hydrogen-bond acceptors (Lipinski definition) is 7. The molecule has 1 aromatic carbocycles. The molecule has 0 aliphatic heterocycles. The molecule has 0 fully saturated rings. The zero-order valence-electron chi connectivity index (χ0n) is 17.0. The Morgan fingerprint density at radius 3 is 2.23 bits per heavy atom. The van der Waals surface area contributed by atoms with Crippen LogP contribution in [0.3, 0.4) is 0 Å². The molecule has 11 heteroatoms. The second-order valence-corrected chi connectivity index (χ2v) is 7.59. The van der Waals surface area contributed by atoms with Gasteiger partial charge in [0.05, 0.1) is 4.92 Å². The molecule has 0 spiro atoms. The van der Waals surface area contributed by atoms with E-state index in [2.05, 4.69) is 26.1 Å². The average Bonchev–Trinajstić information content (AvgIpc) is 3.18. The maximum Gasteiger partial charge on any atom is 0.324 e. The van der Waals surface area contributed by atoms with E-state index in [9.17, 15) is 19.7 Å². The number of urea groups is 1. The number of amides is 3. The molecule has 0 aliphatic rings. The molecule has 0 saturated carbocycles. The molecule has 0 bridgehead atoms. The summed E-state index contributed by atoms with van der Waals surface area (Å²) in [6, 6.07) is 9.73. The van der Waals surface area contributed by atoms with E-state index in [1.165, 1.54) is 12.3 Å². The van der Waals surface area contributed by atoms with Crippen molar-refractivity contribution in [1.82, 2.24) is 10.1 Å². The summed E-state index contributed by atoms with van der Waals surface area (Å²) in [4.78, 5) is 38.4. The highest BCUT2D eigenvalue weighted by molar-refractivity contribution is 6.03. The van der Waals surface area contributed by atoms with Crippen LogP contribution in [-0.2, 0) is 5.41 Å². The van der Waals surface area contributed by atoms with Crippen LogP contribution in [0.4, 0.5) is 27.7 Å². The number of benzene rings is 1. The first-order valence-corrected chi connectivity index (χ1v) is 9.19. The first kappa shape index (κ1) is 21.4. The van der Waals surface area contributed by atoms with Gasteiger partial charge >= 0.3 is 6.03 Å². The number of carbonyl (C=O) groups excluding carboxylic acids is 2. The summed E-state index contributed by atoms with van der Waals surface area (Å²) in [6.45, 7) is 5.90. The Labute approximate surface area is 177 Å². The highest BCUT2D eigenvalue weighted by Crippen LogP contribution is 2.24. The minimum atomic E-state index is -0.604. The highest BCUT2D eigenvalue weighted by atomic mass is 16.6. The Morgan fingerprint density at radius 2 is 1.65 bits per heavy atom.